The fourth-order valence-electron chi connectivity index (χ4n) is 2.10. The van der Waals surface area contributed by atoms with Crippen LogP contribution in [0.2, 0.25) is 0 Å². The monoisotopic (exact) mass is 287 g/mol. The second-order valence-corrected chi connectivity index (χ2v) is 5.75. The molecule has 20 heavy (non-hydrogen) atoms. The van der Waals surface area contributed by atoms with Crippen LogP contribution in [0.25, 0.3) is 0 Å². The van der Waals surface area contributed by atoms with E-state index >= 15 is 0 Å². The third kappa shape index (κ3) is 4.29. The van der Waals surface area contributed by atoms with Crippen LogP contribution < -0.4 is 10.1 Å². The van der Waals surface area contributed by atoms with Gasteiger partial charge in [-0.15, -0.1) is 11.8 Å². The van der Waals surface area contributed by atoms with E-state index in [2.05, 4.69) is 48.6 Å². The normalized spacial score (nSPS) is 12.1. The van der Waals surface area contributed by atoms with Crippen molar-refractivity contribution < 1.29 is 4.74 Å². The summed E-state index contributed by atoms with van der Waals surface area (Å²) in [6.07, 6.45) is 0. The fourth-order valence-corrected chi connectivity index (χ4v) is 2.90. The predicted octanol–water partition coefficient (Wildman–Crippen LogP) is 4.14. The van der Waals surface area contributed by atoms with Crippen LogP contribution in [0.1, 0.15) is 18.5 Å². The molecule has 3 heteroatoms. The minimum absolute atomic E-state index is 0.294. The summed E-state index contributed by atoms with van der Waals surface area (Å²) in [5, 5.41) is 3.54. The van der Waals surface area contributed by atoms with Gasteiger partial charge >= 0.3 is 0 Å². The number of para-hydroxylation sites is 1. The maximum atomic E-state index is 5.40. The van der Waals surface area contributed by atoms with Crippen molar-refractivity contribution >= 4 is 11.8 Å². The lowest BCUT2D eigenvalue weighted by Gasteiger charge is -2.17. The lowest BCUT2D eigenvalue weighted by Crippen LogP contribution is -2.21. The van der Waals surface area contributed by atoms with Crippen LogP contribution in [0, 0.1) is 0 Å². The van der Waals surface area contributed by atoms with Crippen LogP contribution in [0.3, 0.4) is 0 Å². The van der Waals surface area contributed by atoms with Gasteiger partial charge in [-0.1, -0.05) is 36.4 Å². The number of nitrogens with one attached hydrogen (secondary N) is 1. The zero-order valence-corrected chi connectivity index (χ0v) is 12.8. The number of thioether (sulfide) groups is 1. The van der Waals surface area contributed by atoms with E-state index in [0.717, 1.165) is 18.0 Å². The highest BCUT2D eigenvalue weighted by molar-refractivity contribution is 7.99. The van der Waals surface area contributed by atoms with Crippen molar-refractivity contribution in [2.24, 2.45) is 0 Å². The molecule has 0 unspecified atom stereocenters. The molecule has 0 aromatic heterocycles. The van der Waals surface area contributed by atoms with Gasteiger partial charge in [0.2, 0.25) is 0 Å². The second kappa shape index (κ2) is 7.98. The lowest BCUT2D eigenvalue weighted by molar-refractivity contribution is 0.402. The van der Waals surface area contributed by atoms with Crippen molar-refractivity contribution in [3.8, 4) is 5.75 Å². The Bertz CT molecular complexity index is 515. The number of ether oxygens (including phenoxy) is 1. The van der Waals surface area contributed by atoms with Crippen molar-refractivity contribution in [1.29, 1.82) is 0 Å². The Morgan fingerprint density at radius 3 is 2.50 bits per heavy atom. The van der Waals surface area contributed by atoms with Crippen LogP contribution >= 0.6 is 11.8 Å². The summed E-state index contributed by atoms with van der Waals surface area (Å²) in [5.74, 6) is 2.01. The SMILES string of the molecule is COc1ccccc1[C@H](C)NCCSc1ccccc1. The molecule has 0 bridgehead atoms. The highest BCUT2D eigenvalue weighted by atomic mass is 32.2. The number of hydrogen-bond donors (Lipinski definition) is 1. The number of hydrogen-bond acceptors (Lipinski definition) is 3. The highest BCUT2D eigenvalue weighted by Gasteiger charge is 2.09. The summed E-state index contributed by atoms with van der Waals surface area (Å²) in [5.41, 5.74) is 1.21. The van der Waals surface area contributed by atoms with E-state index in [1.807, 2.05) is 30.0 Å². The van der Waals surface area contributed by atoms with Crippen molar-refractivity contribution in [2.75, 3.05) is 19.4 Å². The summed E-state index contributed by atoms with van der Waals surface area (Å²) in [6.45, 7) is 3.14. The van der Waals surface area contributed by atoms with Gasteiger partial charge in [0, 0.05) is 28.8 Å². The first-order valence-electron chi connectivity index (χ1n) is 6.85. The Morgan fingerprint density at radius 1 is 1.05 bits per heavy atom. The van der Waals surface area contributed by atoms with E-state index in [1.54, 1.807) is 7.11 Å². The Kier molecular flexibility index (Phi) is 5.96. The highest BCUT2D eigenvalue weighted by Crippen LogP contribution is 2.24. The molecule has 0 fully saturated rings. The summed E-state index contributed by atoms with van der Waals surface area (Å²) < 4.78 is 5.40. The summed E-state index contributed by atoms with van der Waals surface area (Å²) >= 11 is 1.87. The van der Waals surface area contributed by atoms with E-state index in [0.29, 0.717) is 6.04 Å². The van der Waals surface area contributed by atoms with Gasteiger partial charge in [-0.25, -0.2) is 0 Å². The molecule has 2 nitrogen and oxygen atoms in total. The molecule has 1 N–H and O–H groups in total. The Hall–Kier alpha value is -1.45. The van der Waals surface area contributed by atoms with Gasteiger partial charge in [-0.05, 0) is 25.1 Å². The number of rotatable bonds is 7. The Labute approximate surface area is 125 Å². The molecule has 2 aromatic rings. The fraction of sp³-hybridized carbons (Fsp3) is 0.294. The van der Waals surface area contributed by atoms with Crippen LogP contribution in [0.5, 0.6) is 5.75 Å². The molecule has 0 spiro atoms. The van der Waals surface area contributed by atoms with Crippen molar-refractivity contribution in [2.45, 2.75) is 17.9 Å². The van der Waals surface area contributed by atoms with Gasteiger partial charge in [0.05, 0.1) is 7.11 Å². The molecule has 0 aliphatic carbocycles. The minimum atomic E-state index is 0.294. The van der Waals surface area contributed by atoms with Gasteiger partial charge < -0.3 is 10.1 Å². The second-order valence-electron chi connectivity index (χ2n) is 4.58. The summed E-state index contributed by atoms with van der Waals surface area (Å²) in [4.78, 5) is 1.32. The first-order valence-corrected chi connectivity index (χ1v) is 7.84. The van der Waals surface area contributed by atoms with Crippen molar-refractivity contribution in [1.82, 2.24) is 5.32 Å². The smallest absolute Gasteiger partial charge is 0.123 e. The van der Waals surface area contributed by atoms with Crippen molar-refractivity contribution in [3.63, 3.8) is 0 Å². The van der Waals surface area contributed by atoms with Gasteiger partial charge in [0.15, 0.2) is 0 Å². The van der Waals surface area contributed by atoms with Gasteiger partial charge in [-0.2, -0.15) is 0 Å². The molecule has 0 saturated carbocycles. The number of methoxy groups -OCH3 is 1. The molecule has 0 heterocycles. The summed E-state index contributed by atoms with van der Waals surface area (Å²) in [6, 6.07) is 19.0. The Balaban J connectivity index is 1.79. The lowest BCUT2D eigenvalue weighted by atomic mass is 10.1. The maximum Gasteiger partial charge on any atom is 0.123 e. The molecule has 0 aliphatic heterocycles. The molecular formula is C17H21NOS. The average Bonchev–Trinajstić information content (AvgIpc) is 2.52. The standard InChI is InChI=1S/C17H21NOS/c1-14(16-10-6-7-11-17(16)19-2)18-12-13-20-15-8-4-3-5-9-15/h3-11,14,18H,12-13H2,1-2H3/t14-/m0/s1. The number of benzene rings is 2. The van der Waals surface area contributed by atoms with E-state index < -0.39 is 0 Å². The maximum absolute atomic E-state index is 5.40. The summed E-state index contributed by atoms with van der Waals surface area (Å²) in [7, 11) is 1.72. The van der Waals surface area contributed by atoms with Gasteiger partial charge in [0.1, 0.15) is 5.75 Å². The van der Waals surface area contributed by atoms with Gasteiger partial charge in [0.25, 0.3) is 0 Å². The van der Waals surface area contributed by atoms with Crippen LogP contribution in [0.4, 0.5) is 0 Å². The third-order valence-electron chi connectivity index (χ3n) is 3.17. The first kappa shape index (κ1) is 14.9. The zero-order chi connectivity index (χ0) is 14.2. The molecule has 1 atom stereocenters. The molecule has 0 radical (unpaired) electrons. The molecule has 2 aromatic carbocycles. The van der Waals surface area contributed by atoms with E-state index in [-0.39, 0.29) is 0 Å². The zero-order valence-electron chi connectivity index (χ0n) is 12.0. The van der Waals surface area contributed by atoms with E-state index in [9.17, 15) is 0 Å². The predicted molar refractivity (Wildman–Crippen MR) is 86.6 cm³/mol. The quantitative estimate of drug-likeness (QED) is 0.611. The van der Waals surface area contributed by atoms with Crippen LogP contribution in [-0.4, -0.2) is 19.4 Å². The molecular weight excluding hydrogens is 266 g/mol. The van der Waals surface area contributed by atoms with Crippen molar-refractivity contribution in [3.05, 3.63) is 60.2 Å². The van der Waals surface area contributed by atoms with E-state index in [1.165, 1.54) is 10.5 Å². The Morgan fingerprint density at radius 2 is 1.75 bits per heavy atom. The van der Waals surface area contributed by atoms with E-state index in [4.69, 9.17) is 4.74 Å². The first-order chi connectivity index (χ1) is 9.81. The topological polar surface area (TPSA) is 21.3 Å². The molecule has 106 valence electrons. The molecule has 0 aliphatic rings. The molecule has 2 rings (SSSR count). The largest absolute Gasteiger partial charge is 0.496 e. The van der Waals surface area contributed by atoms with Crippen LogP contribution in [0.15, 0.2) is 59.5 Å². The molecule has 0 amide bonds. The third-order valence-corrected chi connectivity index (χ3v) is 4.18. The average molecular weight is 287 g/mol. The van der Waals surface area contributed by atoms with Gasteiger partial charge in [-0.3, -0.25) is 0 Å². The molecule has 0 saturated heterocycles. The minimum Gasteiger partial charge on any atom is -0.496 e. The van der Waals surface area contributed by atoms with Crippen LogP contribution in [-0.2, 0) is 0 Å².